The zero-order chi connectivity index (χ0) is 12.9. The van der Waals surface area contributed by atoms with Crippen molar-refractivity contribution >= 4 is 5.82 Å². The van der Waals surface area contributed by atoms with Crippen molar-refractivity contribution in [2.45, 2.75) is 6.61 Å². The zero-order valence-corrected chi connectivity index (χ0v) is 10.6. The van der Waals surface area contributed by atoms with Crippen molar-refractivity contribution in [2.75, 3.05) is 31.1 Å². The summed E-state index contributed by atoms with van der Waals surface area (Å²) in [5.74, 6) is 2.15. The molecule has 1 N–H and O–H groups in total. The van der Waals surface area contributed by atoms with Crippen molar-refractivity contribution in [3.05, 3.63) is 36.5 Å². The Morgan fingerprint density at radius 3 is 3.00 bits per heavy atom. The van der Waals surface area contributed by atoms with E-state index in [-0.39, 0.29) is 0 Å². The molecule has 2 aromatic heterocycles. The summed E-state index contributed by atoms with van der Waals surface area (Å²) in [6.45, 7) is 4.19. The number of anilines is 1. The number of rotatable bonds is 4. The van der Waals surface area contributed by atoms with Crippen LogP contribution in [0.3, 0.4) is 0 Å². The summed E-state index contributed by atoms with van der Waals surface area (Å²) in [6, 6.07) is 3.70. The topological polar surface area (TPSA) is 63.4 Å². The third-order valence-corrected chi connectivity index (χ3v) is 2.98. The molecule has 0 atom stereocenters. The van der Waals surface area contributed by atoms with Crippen molar-refractivity contribution in [3.8, 4) is 5.88 Å². The molecule has 0 radical (unpaired) electrons. The molecular weight excluding hydrogens is 244 g/mol. The van der Waals surface area contributed by atoms with Crippen LogP contribution in [0.15, 0.2) is 35.2 Å². The lowest BCUT2D eigenvalue weighted by molar-refractivity contribution is 0.259. The number of aromatic nitrogens is 2. The smallest absolute Gasteiger partial charge is 0.234 e. The van der Waals surface area contributed by atoms with E-state index in [1.54, 1.807) is 18.7 Å². The fourth-order valence-corrected chi connectivity index (χ4v) is 1.99. The van der Waals surface area contributed by atoms with E-state index in [0.29, 0.717) is 12.5 Å². The van der Waals surface area contributed by atoms with Crippen LogP contribution in [0.2, 0.25) is 0 Å². The van der Waals surface area contributed by atoms with Gasteiger partial charge in [-0.15, -0.1) is 0 Å². The average molecular weight is 260 g/mol. The first-order chi connectivity index (χ1) is 9.42. The fraction of sp³-hybridized carbons (Fsp3) is 0.385. The van der Waals surface area contributed by atoms with Gasteiger partial charge in [0.15, 0.2) is 5.82 Å². The summed E-state index contributed by atoms with van der Waals surface area (Å²) in [5.41, 5.74) is 0. The average Bonchev–Trinajstić information content (AvgIpc) is 3.00. The molecule has 2 aromatic rings. The minimum absolute atomic E-state index is 0.368. The molecule has 19 heavy (non-hydrogen) atoms. The maximum atomic E-state index is 5.57. The van der Waals surface area contributed by atoms with Crippen LogP contribution in [-0.2, 0) is 6.61 Å². The summed E-state index contributed by atoms with van der Waals surface area (Å²) in [6.07, 6.45) is 5.02. The van der Waals surface area contributed by atoms with Crippen LogP contribution in [0, 0.1) is 0 Å². The zero-order valence-electron chi connectivity index (χ0n) is 10.6. The van der Waals surface area contributed by atoms with Gasteiger partial charge in [-0.3, -0.25) is 4.98 Å². The lowest BCUT2D eigenvalue weighted by Gasteiger charge is -2.28. The highest BCUT2D eigenvalue weighted by atomic mass is 16.5. The van der Waals surface area contributed by atoms with Gasteiger partial charge >= 0.3 is 0 Å². The second-order valence-electron chi connectivity index (χ2n) is 4.32. The van der Waals surface area contributed by atoms with Gasteiger partial charge < -0.3 is 19.4 Å². The van der Waals surface area contributed by atoms with Gasteiger partial charge in [0.05, 0.1) is 18.7 Å². The Labute approximate surface area is 111 Å². The van der Waals surface area contributed by atoms with Crippen LogP contribution in [0.25, 0.3) is 0 Å². The van der Waals surface area contributed by atoms with Crippen molar-refractivity contribution in [3.63, 3.8) is 0 Å². The molecule has 0 bridgehead atoms. The molecule has 0 aliphatic carbocycles. The third-order valence-electron chi connectivity index (χ3n) is 2.98. The van der Waals surface area contributed by atoms with Crippen LogP contribution in [0.1, 0.15) is 5.76 Å². The van der Waals surface area contributed by atoms with Gasteiger partial charge in [0.1, 0.15) is 12.4 Å². The van der Waals surface area contributed by atoms with E-state index in [1.807, 2.05) is 12.1 Å². The maximum Gasteiger partial charge on any atom is 0.234 e. The molecule has 0 amide bonds. The SMILES string of the molecule is c1coc(COc2cncc(N3CCNCC3)n2)c1. The number of ether oxygens (including phenoxy) is 1. The van der Waals surface area contributed by atoms with Gasteiger partial charge in [-0.05, 0) is 12.1 Å². The molecule has 1 aliphatic heterocycles. The number of piperazine rings is 1. The molecule has 6 nitrogen and oxygen atoms in total. The normalized spacial score (nSPS) is 15.5. The molecular formula is C13H16N4O2. The monoisotopic (exact) mass is 260 g/mol. The lowest BCUT2D eigenvalue weighted by atomic mass is 10.3. The highest BCUT2D eigenvalue weighted by Gasteiger charge is 2.12. The van der Waals surface area contributed by atoms with E-state index < -0.39 is 0 Å². The fourth-order valence-electron chi connectivity index (χ4n) is 1.99. The highest BCUT2D eigenvalue weighted by Crippen LogP contribution is 2.15. The van der Waals surface area contributed by atoms with Crippen LogP contribution in [0.5, 0.6) is 5.88 Å². The lowest BCUT2D eigenvalue weighted by Crippen LogP contribution is -2.43. The van der Waals surface area contributed by atoms with E-state index in [4.69, 9.17) is 9.15 Å². The Hall–Kier alpha value is -2.08. The predicted molar refractivity (Wildman–Crippen MR) is 70.2 cm³/mol. The van der Waals surface area contributed by atoms with E-state index in [9.17, 15) is 0 Å². The van der Waals surface area contributed by atoms with Gasteiger partial charge in [0.25, 0.3) is 0 Å². The van der Waals surface area contributed by atoms with Crippen molar-refractivity contribution < 1.29 is 9.15 Å². The Morgan fingerprint density at radius 1 is 1.32 bits per heavy atom. The van der Waals surface area contributed by atoms with E-state index >= 15 is 0 Å². The van der Waals surface area contributed by atoms with Crippen molar-refractivity contribution in [2.24, 2.45) is 0 Å². The van der Waals surface area contributed by atoms with E-state index in [1.165, 1.54) is 0 Å². The minimum Gasteiger partial charge on any atom is -0.468 e. The molecule has 1 saturated heterocycles. The van der Waals surface area contributed by atoms with E-state index in [2.05, 4.69) is 20.2 Å². The molecule has 1 fully saturated rings. The first-order valence-corrected chi connectivity index (χ1v) is 6.35. The van der Waals surface area contributed by atoms with Crippen LogP contribution >= 0.6 is 0 Å². The van der Waals surface area contributed by atoms with Gasteiger partial charge in [0.2, 0.25) is 5.88 Å². The molecule has 3 rings (SSSR count). The molecule has 3 heterocycles. The summed E-state index contributed by atoms with van der Waals surface area (Å²) in [4.78, 5) is 10.8. The summed E-state index contributed by atoms with van der Waals surface area (Å²) in [7, 11) is 0. The maximum absolute atomic E-state index is 5.57. The second kappa shape index (κ2) is 5.71. The standard InChI is InChI=1S/C13H16N4O2/c1-2-11(18-7-1)10-19-13-9-15-8-12(16-13)17-5-3-14-4-6-17/h1-2,7-9,14H,3-6,10H2. The predicted octanol–water partition coefficient (Wildman–Crippen LogP) is 1.06. The number of nitrogens with zero attached hydrogens (tertiary/aromatic N) is 3. The summed E-state index contributed by atoms with van der Waals surface area (Å²) < 4.78 is 10.8. The van der Waals surface area contributed by atoms with Crippen molar-refractivity contribution in [1.29, 1.82) is 0 Å². The molecule has 100 valence electrons. The first-order valence-electron chi connectivity index (χ1n) is 6.35. The van der Waals surface area contributed by atoms with Gasteiger partial charge in [-0.1, -0.05) is 0 Å². The Morgan fingerprint density at radius 2 is 2.21 bits per heavy atom. The summed E-state index contributed by atoms with van der Waals surface area (Å²) >= 11 is 0. The Bertz CT molecular complexity index is 509. The third kappa shape index (κ3) is 3.03. The van der Waals surface area contributed by atoms with Crippen LogP contribution in [0.4, 0.5) is 5.82 Å². The first kappa shape index (κ1) is 12.0. The van der Waals surface area contributed by atoms with E-state index in [0.717, 1.165) is 37.8 Å². The number of furan rings is 1. The number of hydrogen-bond donors (Lipinski definition) is 1. The van der Waals surface area contributed by atoms with Gasteiger partial charge in [-0.25, -0.2) is 0 Å². The molecule has 0 aromatic carbocycles. The Kier molecular flexibility index (Phi) is 3.60. The van der Waals surface area contributed by atoms with Crippen LogP contribution < -0.4 is 15.0 Å². The largest absolute Gasteiger partial charge is 0.468 e. The van der Waals surface area contributed by atoms with Crippen molar-refractivity contribution in [1.82, 2.24) is 15.3 Å². The minimum atomic E-state index is 0.368. The van der Waals surface area contributed by atoms with Gasteiger partial charge in [0, 0.05) is 26.2 Å². The Balaban J connectivity index is 1.65. The number of nitrogens with one attached hydrogen (secondary N) is 1. The summed E-state index contributed by atoms with van der Waals surface area (Å²) in [5, 5.41) is 3.31. The molecule has 1 aliphatic rings. The second-order valence-corrected chi connectivity index (χ2v) is 4.32. The molecule has 0 unspecified atom stereocenters. The number of hydrogen-bond acceptors (Lipinski definition) is 6. The van der Waals surface area contributed by atoms with Crippen LogP contribution in [-0.4, -0.2) is 36.1 Å². The molecule has 0 spiro atoms. The molecule has 0 saturated carbocycles. The van der Waals surface area contributed by atoms with Gasteiger partial charge in [-0.2, -0.15) is 4.98 Å². The highest BCUT2D eigenvalue weighted by molar-refractivity contribution is 5.38. The quantitative estimate of drug-likeness (QED) is 0.886. The molecule has 6 heteroatoms.